The summed E-state index contributed by atoms with van der Waals surface area (Å²) < 4.78 is 0. The van der Waals surface area contributed by atoms with Crippen molar-refractivity contribution in [2.24, 2.45) is 0 Å². The van der Waals surface area contributed by atoms with E-state index in [2.05, 4.69) is 20.6 Å². The summed E-state index contributed by atoms with van der Waals surface area (Å²) in [6, 6.07) is 17.2. The number of rotatable bonds is 3. The molecular weight excluding hydrogens is 338 g/mol. The van der Waals surface area contributed by atoms with Crippen LogP contribution in [-0.2, 0) is 5.54 Å². The van der Waals surface area contributed by atoms with Gasteiger partial charge in [0.25, 0.3) is 0 Å². The van der Waals surface area contributed by atoms with Crippen LogP contribution >= 0.6 is 0 Å². The molecule has 4 rings (SSSR count). The molecule has 134 valence electrons. The van der Waals surface area contributed by atoms with Gasteiger partial charge in [0.2, 0.25) is 5.82 Å². The molecule has 3 aromatic rings. The second-order valence-electron chi connectivity index (χ2n) is 6.77. The number of fused-ring (bicyclic) bond motifs is 1. The van der Waals surface area contributed by atoms with Gasteiger partial charge in [-0.05, 0) is 30.4 Å². The van der Waals surface area contributed by atoms with Crippen molar-refractivity contribution in [2.75, 3.05) is 5.32 Å². The molecule has 6 nitrogen and oxygen atoms in total. The fourth-order valence-electron chi connectivity index (χ4n) is 3.81. The van der Waals surface area contributed by atoms with E-state index in [0.717, 1.165) is 42.1 Å². The summed E-state index contributed by atoms with van der Waals surface area (Å²) in [4.78, 5) is 21.1. The van der Waals surface area contributed by atoms with Crippen molar-refractivity contribution in [3.05, 3.63) is 66.2 Å². The lowest BCUT2D eigenvalue weighted by molar-refractivity contribution is 0.235. The van der Waals surface area contributed by atoms with E-state index in [9.17, 15) is 4.79 Å². The molecule has 0 spiro atoms. The Morgan fingerprint density at radius 2 is 1.85 bits per heavy atom. The van der Waals surface area contributed by atoms with Crippen LogP contribution in [0, 0.1) is 11.3 Å². The number of aromatic nitrogens is 2. The molecule has 0 unspecified atom stereocenters. The summed E-state index contributed by atoms with van der Waals surface area (Å²) in [5.41, 5.74) is 0.891. The molecular formula is C21H19N5O. The van der Waals surface area contributed by atoms with Crippen molar-refractivity contribution in [2.45, 2.75) is 31.2 Å². The Labute approximate surface area is 157 Å². The quantitative estimate of drug-likeness (QED) is 0.738. The van der Waals surface area contributed by atoms with Crippen LogP contribution in [0.25, 0.3) is 10.8 Å². The summed E-state index contributed by atoms with van der Waals surface area (Å²) in [7, 11) is 0. The summed E-state index contributed by atoms with van der Waals surface area (Å²) in [5.74, 6) is 0.120. The van der Waals surface area contributed by atoms with Crippen LogP contribution in [-0.4, -0.2) is 16.0 Å². The highest BCUT2D eigenvalue weighted by atomic mass is 16.2. The van der Waals surface area contributed by atoms with Crippen LogP contribution in [0.4, 0.5) is 10.5 Å². The van der Waals surface area contributed by atoms with Gasteiger partial charge in [-0.15, -0.1) is 0 Å². The Hall–Kier alpha value is -3.46. The van der Waals surface area contributed by atoms with Crippen molar-refractivity contribution >= 4 is 22.5 Å². The van der Waals surface area contributed by atoms with Crippen LogP contribution < -0.4 is 10.6 Å². The number of nitriles is 1. The molecule has 6 heteroatoms. The Bertz CT molecular complexity index is 1030. The average molecular weight is 357 g/mol. The van der Waals surface area contributed by atoms with Gasteiger partial charge in [0, 0.05) is 11.6 Å². The highest BCUT2D eigenvalue weighted by Crippen LogP contribution is 2.38. The van der Waals surface area contributed by atoms with Crippen molar-refractivity contribution in [3.8, 4) is 6.07 Å². The zero-order valence-electron chi connectivity index (χ0n) is 14.8. The molecule has 2 aromatic carbocycles. The smallest absolute Gasteiger partial charge is 0.320 e. The number of hydrogen-bond acceptors (Lipinski definition) is 4. The second kappa shape index (κ2) is 7.04. The minimum absolute atomic E-state index is 0.120. The van der Waals surface area contributed by atoms with E-state index in [0.29, 0.717) is 5.69 Å². The third kappa shape index (κ3) is 3.32. The molecule has 1 heterocycles. The predicted molar refractivity (Wildman–Crippen MR) is 103 cm³/mol. The molecule has 1 saturated carbocycles. The van der Waals surface area contributed by atoms with Gasteiger partial charge < -0.3 is 10.6 Å². The summed E-state index contributed by atoms with van der Waals surface area (Å²) in [6.07, 6.45) is 5.15. The number of benzene rings is 2. The molecule has 0 atom stereocenters. The van der Waals surface area contributed by atoms with Gasteiger partial charge in [0.15, 0.2) is 0 Å². The molecule has 1 aliphatic rings. The maximum atomic E-state index is 12.8. The number of amides is 2. The lowest BCUT2D eigenvalue weighted by Crippen LogP contribution is -2.46. The SMILES string of the molecule is N#Cc1nccc(C2(NC(=O)Nc3cccc4ccccc34)CCCC2)n1. The number of anilines is 1. The normalized spacial score (nSPS) is 15.2. The Kier molecular flexibility index (Phi) is 4.43. The molecule has 2 amide bonds. The van der Waals surface area contributed by atoms with E-state index >= 15 is 0 Å². The topological polar surface area (TPSA) is 90.7 Å². The van der Waals surface area contributed by atoms with E-state index in [1.54, 1.807) is 12.3 Å². The highest BCUT2D eigenvalue weighted by Gasteiger charge is 2.38. The minimum Gasteiger partial charge on any atom is -0.327 e. The monoisotopic (exact) mass is 357 g/mol. The van der Waals surface area contributed by atoms with Gasteiger partial charge in [0.05, 0.1) is 16.9 Å². The van der Waals surface area contributed by atoms with E-state index in [4.69, 9.17) is 5.26 Å². The summed E-state index contributed by atoms with van der Waals surface area (Å²) in [6.45, 7) is 0. The number of nitrogens with zero attached hydrogens (tertiary/aromatic N) is 3. The van der Waals surface area contributed by atoms with E-state index in [1.807, 2.05) is 48.5 Å². The fourth-order valence-corrected chi connectivity index (χ4v) is 3.81. The zero-order valence-corrected chi connectivity index (χ0v) is 14.8. The molecule has 2 N–H and O–H groups in total. The average Bonchev–Trinajstić information content (AvgIpc) is 3.18. The lowest BCUT2D eigenvalue weighted by Gasteiger charge is -2.30. The third-order valence-electron chi connectivity index (χ3n) is 5.09. The first-order valence-electron chi connectivity index (χ1n) is 9.01. The number of carbonyl (C=O) groups is 1. The standard InChI is InChI=1S/C21H19N5O/c22-14-19-23-13-10-18(25-19)21(11-3-4-12-21)26-20(27)24-17-9-5-7-15-6-1-2-8-16(15)17/h1-2,5-10,13H,3-4,11-12H2,(H2,24,26,27). The summed E-state index contributed by atoms with van der Waals surface area (Å²) >= 11 is 0. The first-order chi connectivity index (χ1) is 13.2. The van der Waals surface area contributed by atoms with Crippen molar-refractivity contribution in [3.63, 3.8) is 0 Å². The first kappa shape index (κ1) is 17.0. The van der Waals surface area contributed by atoms with Crippen molar-refractivity contribution < 1.29 is 4.79 Å². The van der Waals surface area contributed by atoms with Gasteiger partial charge >= 0.3 is 6.03 Å². The van der Waals surface area contributed by atoms with E-state index < -0.39 is 5.54 Å². The maximum Gasteiger partial charge on any atom is 0.320 e. The van der Waals surface area contributed by atoms with Crippen molar-refractivity contribution in [1.29, 1.82) is 5.26 Å². The Morgan fingerprint density at radius 1 is 1.07 bits per heavy atom. The molecule has 0 aliphatic heterocycles. The molecule has 1 aromatic heterocycles. The van der Waals surface area contributed by atoms with Crippen LogP contribution in [0.5, 0.6) is 0 Å². The molecule has 27 heavy (non-hydrogen) atoms. The summed E-state index contributed by atoms with van der Waals surface area (Å²) in [5, 5.41) is 17.3. The van der Waals surface area contributed by atoms with E-state index in [-0.39, 0.29) is 11.9 Å². The zero-order chi connectivity index (χ0) is 18.7. The van der Waals surface area contributed by atoms with Gasteiger partial charge in [-0.3, -0.25) is 0 Å². The van der Waals surface area contributed by atoms with Crippen molar-refractivity contribution in [1.82, 2.24) is 15.3 Å². The van der Waals surface area contributed by atoms with E-state index in [1.165, 1.54) is 0 Å². The lowest BCUT2D eigenvalue weighted by atomic mass is 9.93. The largest absolute Gasteiger partial charge is 0.327 e. The Balaban J connectivity index is 1.60. The minimum atomic E-state index is -0.566. The van der Waals surface area contributed by atoms with Crippen LogP contribution in [0.15, 0.2) is 54.7 Å². The molecule has 1 fully saturated rings. The molecule has 0 bridgehead atoms. The van der Waals surface area contributed by atoms with Gasteiger partial charge in [-0.2, -0.15) is 5.26 Å². The number of hydrogen-bond donors (Lipinski definition) is 2. The first-order valence-corrected chi connectivity index (χ1v) is 9.01. The predicted octanol–water partition coefficient (Wildman–Crippen LogP) is 4.09. The number of carbonyl (C=O) groups excluding carboxylic acids is 1. The highest BCUT2D eigenvalue weighted by molar-refractivity contribution is 6.01. The van der Waals surface area contributed by atoms with Crippen LogP contribution in [0.2, 0.25) is 0 Å². The second-order valence-corrected chi connectivity index (χ2v) is 6.77. The number of urea groups is 1. The maximum absolute atomic E-state index is 12.8. The van der Waals surface area contributed by atoms with Gasteiger partial charge in [-0.25, -0.2) is 14.8 Å². The Morgan fingerprint density at radius 3 is 2.67 bits per heavy atom. The van der Waals surface area contributed by atoms with Crippen LogP contribution in [0.1, 0.15) is 37.2 Å². The molecule has 0 radical (unpaired) electrons. The van der Waals surface area contributed by atoms with Crippen LogP contribution in [0.3, 0.4) is 0 Å². The molecule has 1 aliphatic carbocycles. The van der Waals surface area contributed by atoms with Gasteiger partial charge in [0.1, 0.15) is 6.07 Å². The molecule has 0 saturated heterocycles. The number of nitrogens with one attached hydrogen (secondary N) is 2. The third-order valence-corrected chi connectivity index (χ3v) is 5.09. The van der Waals surface area contributed by atoms with Gasteiger partial charge in [-0.1, -0.05) is 49.2 Å². The fraction of sp³-hybridized carbons (Fsp3) is 0.238.